The molecular formula is C15H17N5O3. The van der Waals surface area contributed by atoms with E-state index >= 15 is 0 Å². The Labute approximate surface area is 132 Å². The van der Waals surface area contributed by atoms with E-state index in [1.54, 1.807) is 23.2 Å². The lowest BCUT2D eigenvalue weighted by Crippen LogP contribution is -2.37. The number of aromatic nitrogens is 2. The smallest absolute Gasteiger partial charge is 0.322 e. The van der Waals surface area contributed by atoms with Gasteiger partial charge >= 0.3 is 6.03 Å². The number of nitrogens with one attached hydrogen (secondary N) is 1. The second kappa shape index (κ2) is 6.07. The van der Waals surface area contributed by atoms with E-state index in [9.17, 15) is 14.9 Å². The van der Waals surface area contributed by atoms with Crippen LogP contribution >= 0.6 is 0 Å². The number of rotatable bonds is 5. The summed E-state index contributed by atoms with van der Waals surface area (Å²) in [6.45, 7) is 0.412. The van der Waals surface area contributed by atoms with E-state index in [4.69, 9.17) is 0 Å². The standard InChI is InChI=1S/C15H17N5O3/c1-18-8-7-16-14(18)10-19(12-5-6-12)15(21)17-11-3-2-4-13(9-11)20(22)23/h2-4,7-9,12H,5-6,10H2,1H3,(H,17,21). The number of urea groups is 1. The normalized spacial score (nSPS) is 13.6. The van der Waals surface area contributed by atoms with E-state index in [0.29, 0.717) is 12.2 Å². The quantitative estimate of drug-likeness (QED) is 0.677. The van der Waals surface area contributed by atoms with Crippen LogP contribution in [-0.4, -0.2) is 31.4 Å². The van der Waals surface area contributed by atoms with Crippen molar-refractivity contribution in [1.82, 2.24) is 14.5 Å². The van der Waals surface area contributed by atoms with E-state index in [2.05, 4.69) is 10.3 Å². The second-order valence-corrected chi connectivity index (χ2v) is 5.55. The van der Waals surface area contributed by atoms with Crippen LogP contribution in [0.4, 0.5) is 16.2 Å². The molecule has 1 aromatic heterocycles. The van der Waals surface area contributed by atoms with E-state index < -0.39 is 4.92 Å². The number of carbonyl (C=O) groups excluding carboxylic acids is 1. The Morgan fingerprint density at radius 3 is 2.91 bits per heavy atom. The molecule has 0 spiro atoms. The molecule has 1 aliphatic carbocycles. The van der Waals surface area contributed by atoms with Gasteiger partial charge in [-0.3, -0.25) is 10.1 Å². The Hall–Kier alpha value is -2.90. The zero-order valence-electron chi connectivity index (χ0n) is 12.7. The third-order valence-electron chi connectivity index (χ3n) is 3.79. The van der Waals surface area contributed by atoms with Crippen molar-refractivity contribution in [3.63, 3.8) is 0 Å². The fraction of sp³-hybridized carbons (Fsp3) is 0.333. The minimum absolute atomic E-state index is 0.0510. The highest BCUT2D eigenvalue weighted by atomic mass is 16.6. The maximum atomic E-state index is 12.5. The third-order valence-corrected chi connectivity index (χ3v) is 3.79. The molecule has 0 saturated heterocycles. The molecule has 0 bridgehead atoms. The maximum Gasteiger partial charge on any atom is 0.322 e. The van der Waals surface area contributed by atoms with Crippen molar-refractivity contribution in [3.8, 4) is 0 Å². The summed E-state index contributed by atoms with van der Waals surface area (Å²) in [6.07, 6.45) is 5.46. The van der Waals surface area contributed by atoms with Gasteiger partial charge in [-0.05, 0) is 18.9 Å². The zero-order valence-corrected chi connectivity index (χ0v) is 12.7. The van der Waals surface area contributed by atoms with Gasteiger partial charge < -0.3 is 14.8 Å². The lowest BCUT2D eigenvalue weighted by Gasteiger charge is -2.22. The maximum absolute atomic E-state index is 12.5. The van der Waals surface area contributed by atoms with E-state index in [1.807, 2.05) is 17.8 Å². The summed E-state index contributed by atoms with van der Waals surface area (Å²) < 4.78 is 1.87. The van der Waals surface area contributed by atoms with Crippen LogP contribution in [-0.2, 0) is 13.6 Å². The first-order chi connectivity index (χ1) is 11.0. The average molecular weight is 315 g/mol. The molecule has 1 saturated carbocycles. The predicted octanol–water partition coefficient (Wildman–Crippen LogP) is 2.52. The molecule has 3 rings (SSSR count). The van der Waals surface area contributed by atoms with Crippen molar-refractivity contribution < 1.29 is 9.72 Å². The van der Waals surface area contributed by atoms with Crippen LogP contribution < -0.4 is 5.32 Å². The van der Waals surface area contributed by atoms with Crippen molar-refractivity contribution in [2.75, 3.05) is 5.32 Å². The summed E-state index contributed by atoms with van der Waals surface area (Å²) in [5.41, 5.74) is 0.361. The number of benzene rings is 1. The number of carbonyl (C=O) groups is 1. The number of non-ortho nitro benzene ring substituents is 1. The SMILES string of the molecule is Cn1ccnc1CN(C(=O)Nc1cccc([N+](=O)[O-])c1)C1CC1. The third kappa shape index (κ3) is 3.47. The summed E-state index contributed by atoms with van der Waals surface area (Å²) in [6, 6.07) is 5.86. The molecule has 2 amide bonds. The van der Waals surface area contributed by atoms with Gasteiger partial charge in [-0.25, -0.2) is 9.78 Å². The number of anilines is 1. The lowest BCUT2D eigenvalue weighted by atomic mass is 10.3. The minimum atomic E-state index is -0.484. The minimum Gasteiger partial charge on any atom is -0.337 e. The highest BCUT2D eigenvalue weighted by Crippen LogP contribution is 2.29. The van der Waals surface area contributed by atoms with E-state index in [-0.39, 0.29) is 17.8 Å². The van der Waals surface area contributed by atoms with Gasteiger partial charge in [0, 0.05) is 43.3 Å². The summed E-state index contributed by atoms with van der Waals surface area (Å²) in [4.78, 5) is 28.8. The molecule has 1 fully saturated rings. The first-order valence-corrected chi connectivity index (χ1v) is 7.33. The van der Waals surface area contributed by atoms with Crippen molar-refractivity contribution in [3.05, 3.63) is 52.6 Å². The van der Waals surface area contributed by atoms with Gasteiger partial charge in [0.05, 0.1) is 11.5 Å². The van der Waals surface area contributed by atoms with Gasteiger partial charge in [-0.1, -0.05) is 6.07 Å². The van der Waals surface area contributed by atoms with Crippen molar-refractivity contribution in [2.45, 2.75) is 25.4 Å². The van der Waals surface area contributed by atoms with Crippen LogP contribution in [0.1, 0.15) is 18.7 Å². The fourth-order valence-electron chi connectivity index (χ4n) is 2.35. The van der Waals surface area contributed by atoms with Crippen molar-refractivity contribution in [2.24, 2.45) is 7.05 Å². The van der Waals surface area contributed by atoms with Crippen LogP contribution in [0.15, 0.2) is 36.7 Å². The largest absolute Gasteiger partial charge is 0.337 e. The number of hydrogen-bond acceptors (Lipinski definition) is 4. The molecule has 8 heteroatoms. The van der Waals surface area contributed by atoms with Gasteiger partial charge in [0.2, 0.25) is 0 Å². The van der Waals surface area contributed by atoms with Crippen molar-refractivity contribution >= 4 is 17.4 Å². The molecule has 2 aromatic rings. The summed E-state index contributed by atoms with van der Waals surface area (Å²) >= 11 is 0. The number of imidazole rings is 1. The van der Waals surface area contributed by atoms with Crippen molar-refractivity contribution in [1.29, 1.82) is 0 Å². The van der Waals surface area contributed by atoms with E-state index in [0.717, 1.165) is 18.7 Å². The van der Waals surface area contributed by atoms with Gasteiger partial charge in [0.15, 0.2) is 0 Å². The first-order valence-electron chi connectivity index (χ1n) is 7.33. The van der Waals surface area contributed by atoms with Crippen LogP contribution in [0.5, 0.6) is 0 Å². The predicted molar refractivity (Wildman–Crippen MR) is 83.9 cm³/mol. The number of hydrogen-bond donors (Lipinski definition) is 1. The molecule has 23 heavy (non-hydrogen) atoms. The lowest BCUT2D eigenvalue weighted by molar-refractivity contribution is -0.384. The van der Waals surface area contributed by atoms with Gasteiger partial charge in [0.1, 0.15) is 5.82 Å². The molecule has 0 atom stereocenters. The molecule has 120 valence electrons. The molecule has 8 nitrogen and oxygen atoms in total. The number of nitro benzene ring substituents is 1. The molecule has 1 aromatic carbocycles. The van der Waals surface area contributed by atoms with Gasteiger partial charge in [-0.2, -0.15) is 0 Å². The fourth-order valence-corrected chi connectivity index (χ4v) is 2.35. The Kier molecular flexibility index (Phi) is 3.96. The van der Waals surface area contributed by atoms with Crippen LogP contribution in [0.3, 0.4) is 0 Å². The highest BCUT2D eigenvalue weighted by molar-refractivity contribution is 5.90. The molecule has 0 aliphatic heterocycles. The first kappa shape index (κ1) is 15.0. The average Bonchev–Trinajstić information content (AvgIpc) is 3.28. The molecule has 1 N–H and O–H groups in total. The van der Waals surface area contributed by atoms with Gasteiger partial charge in [0.25, 0.3) is 5.69 Å². The molecule has 0 radical (unpaired) electrons. The zero-order chi connectivity index (χ0) is 16.4. The van der Waals surface area contributed by atoms with Crippen LogP contribution in [0, 0.1) is 10.1 Å². The monoisotopic (exact) mass is 315 g/mol. The highest BCUT2D eigenvalue weighted by Gasteiger charge is 2.33. The summed E-state index contributed by atoms with van der Waals surface area (Å²) in [7, 11) is 1.88. The number of nitrogens with zero attached hydrogens (tertiary/aromatic N) is 4. The molecule has 1 aliphatic rings. The van der Waals surface area contributed by atoms with Crippen LogP contribution in [0.25, 0.3) is 0 Å². The number of amides is 2. The molecule has 0 unspecified atom stereocenters. The Bertz CT molecular complexity index is 738. The Morgan fingerprint density at radius 1 is 1.52 bits per heavy atom. The Balaban J connectivity index is 1.73. The summed E-state index contributed by atoms with van der Waals surface area (Å²) in [5.74, 6) is 0.797. The van der Waals surface area contributed by atoms with Crippen LogP contribution in [0.2, 0.25) is 0 Å². The Morgan fingerprint density at radius 2 is 2.30 bits per heavy atom. The molecule has 1 heterocycles. The molecular weight excluding hydrogens is 298 g/mol. The topological polar surface area (TPSA) is 93.3 Å². The van der Waals surface area contributed by atoms with Gasteiger partial charge in [-0.15, -0.1) is 0 Å². The summed E-state index contributed by atoms with van der Waals surface area (Å²) in [5, 5.41) is 13.5. The number of nitro groups is 1. The second-order valence-electron chi connectivity index (χ2n) is 5.55. The number of aryl methyl sites for hydroxylation is 1. The van der Waals surface area contributed by atoms with E-state index in [1.165, 1.54) is 12.1 Å².